The molecule has 1 atom stereocenters. The summed E-state index contributed by atoms with van der Waals surface area (Å²) < 4.78 is 0. The number of hydrogen-bond acceptors (Lipinski definition) is 4. The molecule has 2 rings (SSSR count). The summed E-state index contributed by atoms with van der Waals surface area (Å²) in [6.45, 7) is 0. The van der Waals surface area contributed by atoms with Crippen molar-refractivity contribution >= 4 is 29.7 Å². The van der Waals surface area contributed by atoms with Crippen molar-refractivity contribution in [2.75, 3.05) is 13.3 Å². The number of urea groups is 1. The summed E-state index contributed by atoms with van der Waals surface area (Å²) in [7, 11) is 1.31. The van der Waals surface area contributed by atoms with Crippen LogP contribution in [0, 0.1) is 0 Å². The molecule has 0 saturated heterocycles. The second-order valence-electron chi connectivity index (χ2n) is 5.22. The lowest BCUT2D eigenvalue weighted by molar-refractivity contribution is -0.139. The summed E-state index contributed by atoms with van der Waals surface area (Å²) in [5.41, 5.74) is 0.774. The summed E-state index contributed by atoms with van der Waals surface area (Å²) >= 11 is 1.53. The molecule has 6 nitrogen and oxygen atoms in total. The van der Waals surface area contributed by atoms with Crippen LogP contribution in [-0.2, 0) is 4.79 Å². The first kappa shape index (κ1) is 18.5. The van der Waals surface area contributed by atoms with E-state index in [1.807, 2.05) is 6.26 Å². The van der Waals surface area contributed by atoms with E-state index < -0.39 is 23.9 Å². The molecule has 3 amide bonds. The fourth-order valence-corrected chi connectivity index (χ4v) is 2.58. The van der Waals surface area contributed by atoms with E-state index in [-0.39, 0.29) is 0 Å². The number of nitrogens with one attached hydrogen (secondary N) is 1. The molecule has 0 aliphatic heterocycles. The van der Waals surface area contributed by atoms with E-state index >= 15 is 0 Å². The Hall–Kier alpha value is -2.80. The highest BCUT2D eigenvalue weighted by atomic mass is 32.2. The van der Waals surface area contributed by atoms with Crippen LogP contribution in [-0.4, -0.2) is 41.2 Å². The van der Waals surface area contributed by atoms with Crippen LogP contribution in [0.4, 0.5) is 4.79 Å². The molecule has 0 fully saturated rings. The predicted octanol–water partition coefficient (Wildman–Crippen LogP) is 3.02. The van der Waals surface area contributed by atoms with Crippen LogP contribution in [0.25, 0.3) is 0 Å². The SMILES string of the molecule is CSc1ccc(C(NC(=O)N(C)C(=O)c2ccccc2)C(=O)O)cc1. The van der Waals surface area contributed by atoms with Crippen LogP contribution in [0.15, 0.2) is 59.5 Å². The minimum absolute atomic E-state index is 0.344. The third-order valence-electron chi connectivity index (χ3n) is 3.59. The number of thioether (sulfide) groups is 1. The summed E-state index contributed by atoms with van der Waals surface area (Å²) in [5, 5.41) is 11.8. The fraction of sp³-hybridized carbons (Fsp3) is 0.167. The maximum absolute atomic E-state index is 12.3. The normalized spacial score (nSPS) is 11.4. The van der Waals surface area contributed by atoms with Gasteiger partial charge in [-0.1, -0.05) is 30.3 Å². The van der Waals surface area contributed by atoms with Gasteiger partial charge in [0.05, 0.1) is 0 Å². The van der Waals surface area contributed by atoms with Gasteiger partial charge in [-0.05, 0) is 36.1 Å². The minimum Gasteiger partial charge on any atom is -0.479 e. The van der Waals surface area contributed by atoms with E-state index in [4.69, 9.17) is 0 Å². The number of carboxylic acid groups (broad SMARTS) is 1. The van der Waals surface area contributed by atoms with Crippen LogP contribution in [0.5, 0.6) is 0 Å². The van der Waals surface area contributed by atoms with Gasteiger partial charge in [0.15, 0.2) is 6.04 Å². The molecule has 2 N–H and O–H groups in total. The number of carboxylic acids is 1. The van der Waals surface area contributed by atoms with Gasteiger partial charge in [0, 0.05) is 17.5 Å². The number of benzene rings is 2. The number of hydrogen-bond donors (Lipinski definition) is 2. The molecule has 2 aromatic rings. The summed E-state index contributed by atoms with van der Waals surface area (Å²) in [6.07, 6.45) is 1.91. The first-order valence-electron chi connectivity index (χ1n) is 7.44. The first-order valence-corrected chi connectivity index (χ1v) is 8.67. The number of carbonyl (C=O) groups excluding carboxylic acids is 2. The van der Waals surface area contributed by atoms with Crippen molar-refractivity contribution < 1.29 is 19.5 Å². The number of nitrogens with zero attached hydrogens (tertiary/aromatic N) is 1. The third kappa shape index (κ3) is 4.60. The molecule has 0 spiro atoms. The molecule has 0 bridgehead atoms. The highest BCUT2D eigenvalue weighted by Crippen LogP contribution is 2.19. The molecular formula is C18H18N2O4S. The zero-order valence-electron chi connectivity index (χ0n) is 13.8. The van der Waals surface area contributed by atoms with Gasteiger partial charge >= 0.3 is 12.0 Å². The Bertz CT molecular complexity index is 762. The lowest BCUT2D eigenvalue weighted by Crippen LogP contribution is -2.44. The maximum Gasteiger partial charge on any atom is 0.330 e. The average molecular weight is 358 g/mol. The van der Waals surface area contributed by atoms with Crippen molar-refractivity contribution in [1.29, 1.82) is 0 Å². The van der Waals surface area contributed by atoms with Crippen molar-refractivity contribution in [3.63, 3.8) is 0 Å². The second kappa shape index (κ2) is 8.34. The van der Waals surface area contributed by atoms with Crippen molar-refractivity contribution in [3.05, 3.63) is 65.7 Å². The van der Waals surface area contributed by atoms with E-state index in [9.17, 15) is 19.5 Å². The van der Waals surface area contributed by atoms with Crippen molar-refractivity contribution in [1.82, 2.24) is 10.2 Å². The van der Waals surface area contributed by atoms with Gasteiger partial charge in [-0.3, -0.25) is 9.69 Å². The average Bonchev–Trinajstić information content (AvgIpc) is 2.65. The summed E-state index contributed by atoms with van der Waals surface area (Å²) in [6, 6.07) is 13.1. The van der Waals surface area contributed by atoms with Crippen molar-refractivity contribution in [3.8, 4) is 0 Å². The largest absolute Gasteiger partial charge is 0.479 e. The molecule has 0 saturated carbocycles. The third-order valence-corrected chi connectivity index (χ3v) is 4.34. The van der Waals surface area contributed by atoms with Crippen molar-refractivity contribution in [2.45, 2.75) is 10.9 Å². The van der Waals surface area contributed by atoms with E-state index in [2.05, 4.69) is 5.32 Å². The Labute approximate surface area is 149 Å². The summed E-state index contributed by atoms with van der Waals surface area (Å²) in [4.78, 5) is 37.9. The molecule has 1 unspecified atom stereocenters. The fourth-order valence-electron chi connectivity index (χ4n) is 2.17. The summed E-state index contributed by atoms with van der Waals surface area (Å²) in [5.74, 6) is -1.72. The number of amides is 3. The van der Waals surface area contributed by atoms with E-state index in [0.29, 0.717) is 11.1 Å². The zero-order valence-corrected chi connectivity index (χ0v) is 14.6. The molecule has 25 heavy (non-hydrogen) atoms. The van der Waals surface area contributed by atoms with Crippen molar-refractivity contribution in [2.24, 2.45) is 0 Å². The highest BCUT2D eigenvalue weighted by Gasteiger charge is 2.26. The van der Waals surface area contributed by atoms with Gasteiger partial charge in [0.2, 0.25) is 0 Å². The molecule has 0 aliphatic rings. The lowest BCUT2D eigenvalue weighted by Gasteiger charge is -2.20. The molecule has 130 valence electrons. The van der Waals surface area contributed by atoms with Crippen LogP contribution in [0.2, 0.25) is 0 Å². The van der Waals surface area contributed by atoms with E-state index in [1.165, 1.54) is 18.8 Å². The number of aliphatic carboxylic acids is 1. The molecule has 0 aliphatic carbocycles. The van der Waals surface area contributed by atoms with Crippen LogP contribution < -0.4 is 5.32 Å². The minimum atomic E-state index is -1.24. The second-order valence-corrected chi connectivity index (χ2v) is 6.10. The van der Waals surface area contributed by atoms with Gasteiger partial charge in [0.25, 0.3) is 5.91 Å². The van der Waals surface area contributed by atoms with Gasteiger partial charge in [-0.2, -0.15) is 0 Å². The van der Waals surface area contributed by atoms with Gasteiger partial charge in [-0.15, -0.1) is 11.8 Å². The predicted molar refractivity (Wildman–Crippen MR) is 95.7 cm³/mol. The van der Waals surface area contributed by atoms with Gasteiger partial charge in [-0.25, -0.2) is 9.59 Å². The quantitative estimate of drug-likeness (QED) is 0.803. The maximum atomic E-state index is 12.3. The molecule has 0 heterocycles. The molecule has 0 radical (unpaired) electrons. The van der Waals surface area contributed by atoms with E-state index in [1.54, 1.807) is 54.6 Å². The van der Waals surface area contributed by atoms with Crippen LogP contribution in [0.3, 0.4) is 0 Å². The standard InChI is InChI=1S/C18H18N2O4S/c1-20(16(21)13-6-4-3-5-7-13)18(24)19-15(17(22)23)12-8-10-14(25-2)11-9-12/h3-11,15H,1-2H3,(H,19,24)(H,22,23). The van der Waals surface area contributed by atoms with Crippen LogP contribution >= 0.6 is 11.8 Å². The molecular weight excluding hydrogens is 340 g/mol. The topological polar surface area (TPSA) is 86.7 Å². The Morgan fingerprint density at radius 3 is 2.16 bits per heavy atom. The number of carbonyl (C=O) groups is 3. The Morgan fingerprint density at radius 2 is 1.64 bits per heavy atom. The van der Waals surface area contributed by atoms with E-state index in [0.717, 1.165) is 9.80 Å². The number of imide groups is 1. The molecule has 7 heteroatoms. The van der Waals surface area contributed by atoms with Gasteiger partial charge in [0.1, 0.15) is 0 Å². The first-order chi connectivity index (χ1) is 11.9. The Balaban J connectivity index is 2.14. The Kier molecular flexibility index (Phi) is 6.19. The molecule has 2 aromatic carbocycles. The highest BCUT2D eigenvalue weighted by molar-refractivity contribution is 7.98. The Morgan fingerprint density at radius 1 is 1.04 bits per heavy atom. The van der Waals surface area contributed by atoms with Crippen LogP contribution in [0.1, 0.15) is 22.0 Å². The van der Waals surface area contributed by atoms with Gasteiger partial charge < -0.3 is 10.4 Å². The lowest BCUT2D eigenvalue weighted by atomic mass is 10.1. The smallest absolute Gasteiger partial charge is 0.330 e. The molecule has 0 aromatic heterocycles. The zero-order chi connectivity index (χ0) is 18.4. The monoisotopic (exact) mass is 358 g/mol. The number of rotatable bonds is 5.